The molecule has 2 aromatic carbocycles. The summed E-state index contributed by atoms with van der Waals surface area (Å²) >= 11 is 1.34. The highest BCUT2D eigenvalue weighted by atomic mass is 32.2. The van der Waals surface area contributed by atoms with Gasteiger partial charge in [0.25, 0.3) is 0 Å². The van der Waals surface area contributed by atoms with E-state index in [0.29, 0.717) is 4.80 Å². The van der Waals surface area contributed by atoms with Gasteiger partial charge >= 0.3 is 5.97 Å². The number of amides is 1. The Hall–Kier alpha value is -2.78. The van der Waals surface area contributed by atoms with E-state index in [-0.39, 0.29) is 30.9 Å². The summed E-state index contributed by atoms with van der Waals surface area (Å²) in [7, 11) is -2.00. The Kier molecular flexibility index (Phi) is 9.18. The Morgan fingerprint density at radius 1 is 1.06 bits per heavy atom. The van der Waals surface area contributed by atoms with Crippen molar-refractivity contribution >= 4 is 43.3 Å². The highest BCUT2D eigenvalue weighted by Gasteiger charge is 2.15. The third-order valence-corrected chi connectivity index (χ3v) is 8.10. The zero-order valence-electron chi connectivity index (χ0n) is 19.5. The van der Waals surface area contributed by atoms with Crippen LogP contribution in [0.3, 0.4) is 0 Å². The molecule has 3 aromatic rings. The molecular formula is C25H30N2O5S2. The van der Waals surface area contributed by atoms with Crippen LogP contribution in [0.15, 0.2) is 53.5 Å². The zero-order valence-corrected chi connectivity index (χ0v) is 21.2. The zero-order chi connectivity index (χ0) is 24.6. The van der Waals surface area contributed by atoms with Crippen molar-refractivity contribution in [2.75, 3.05) is 12.9 Å². The maximum Gasteiger partial charge on any atom is 0.325 e. The van der Waals surface area contributed by atoms with Crippen LogP contribution in [0.2, 0.25) is 0 Å². The molecule has 1 amide bonds. The van der Waals surface area contributed by atoms with E-state index in [4.69, 9.17) is 4.74 Å². The van der Waals surface area contributed by atoms with Crippen LogP contribution in [0, 0.1) is 0 Å². The molecule has 0 saturated heterocycles. The predicted molar refractivity (Wildman–Crippen MR) is 134 cm³/mol. The van der Waals surface area contributed by atoms with Gasteiger partial charge in [0, 0.05) is 6.42 Å². The number of esters is 1. The second-order valence-corrected chi connectivity index (χ2v) is 11.3. The fourth-order valence-corrected chi connectivity index (χ4v) is 6.13. The molecule has 1 heterocycles. The molecule has 34 heavy (non-hydrogen) atoms. The van der Waals surface area contributed by atoms with Gasteiger partial charge in [-0.25, -0.2) is 8.42 Å². The first kappa shape index (κ1) is 25.8. The predicted octanol–water partition coefficient (Wildman–Crippen LogP) is 4.04. The van der Waals surface area contributed by atoms with E-state index in [1.165, 1.54) is 24.0 Å². The van der Waals surface area contributed by atoms with E-state index in [1.54, 1.807) is 28.8 Å². The summed E-state index contributed by atoms with van der Waals surface area (Å²) in [4.78, 5) is 29.2. The van der Waals surface area contributed by atoms with Gasteiger partial charge < -0.3 is 9.30 Å². The molecule has 0 saturated carbocycles. The largest absolute Gasteiger partial charge is 0.468 e. The van der Waals surface area contributed by atoms with Crippen LogP contribution >= 0.6 is 11.3 Å². The van der Waals surface area contributed by atoms with Gasteiger partial charge in [0.15, 0.2) is 14.6 Å². The fraction of sp³-hybridized carbons (Fsp3) is 0.400. The van der Waals surface area contributed by atoms with Crippen molar-refractivity contribution in [3.8, 4) is 0 Å². The SMILES string of the molecule is CCCCc1ccc2c(c1)sc(=NC(=O)CCCS(=O)(=O)Cc1ccccc1)n2CC(=O)OC. The number of unbranched alkanes of at least 4 members (excludes halogenated alkanes) is 1. The fourth-order valence-electron chi connectivity index (χ4n) is 3.59. The summed E-state index contributed by atoms with van der Waals surface area (Å²) in [6.45, 7) is 2.09. The van der Waals surface area contributed by atoms with Crippen LogP contribution in [0.4, 0.5) is 0 Å². The number of thiazole rings is 1. The average molecular weight is 503 g/mol. The lowest BCUT2D eigenvalue weighted by Crippen LogP contribution is -2.22. The third-order valence-electron chi connectivity index (χ3n) is 5.38. The first-order valence-corrected chi connectivity index (χ1v) is 14.0. The molecule has 0 fully saturated rings. The Balaban J connectivity index is 1.75. The van der Waals surface area contributed by atoms with E-state index in [0.717, 1.165) is 35.0 Å². The molecule has 0 atom stereocenters. The summed E-state index contributed by atoms with van der Waals surface area (Å²) in [5.41, 5.74) is 2.74. The normalized spacial score (nSPS) is 12.2. The minimum absolute atomic E-state index is 0.0161. The number of sulfone groups is 1. The van der Waals surface area contributed by atoms with E-state index in [2.05, 4.69) is 18.0 Å². The molecule has 1 aromatic heterocycles. The van der Waals surface area contributed by atoms with E-state index >= 15 is 0 Å². The molecule has 0 aliphatic heterocycles. The standard InChI is InChI=1S/C25H30N2O5S2/c1-3-4-9-19-13-14-21-22(16-19)33-25(27(21)17-24(29)32-2)26-23(28)12-8-15-34(30,31)18-20-10-6-5-7-11-20/h5-7,10-11,13-14,16H,3-4,8-9,12,15,17-18H2,1-2H3. The van der Waals surface area contributed by atoms with E-state index < -0.39 is 21.7 Å². The number of aryl methyl sites for hydroxylation is 1. The van der Waals surface area contributed by atoms with E-state index in [9.17, 15) is 18.0 Å². The number of carbonyl (C=O) groups is 2. The molecule has 0 radical (unpaired) electrons. The number of methoxy groups -OCH3 is 1. The summed E-state index contributed by atoms with van der Waals surface area (Å²) in [6, 6.07) is 15.0. The minimum atomic E-state index is -3.32. The van der Waals surface area contributed by atoms with Gasteiger partial charge in [0.05, 0.1) is 28.8 Å². The number of hydrogen-bond acceptors (Lipinski definition) is 6. The molecule has 0 spiro atoms. The minimum Gasteiger partial charge on any atom is -0.468 e. The van der Waals surface area contributed by atoms with Gasteiger partial charge in [-0.3, -0.25) is 9.59 Å². The number of fused-ring (bicyclic) bond motifs is 1. The molecule has 0 bridgehead atoms. The molecule has 0 N–H and O–H groups in total. The van der Waals surface area contributed by atoms with Crippen LogP contribution in [-0.4, -0.2) is 37.7 Å². The number of carbonyl (C=O) groups excluding carboxylic acids is 2. The molecule has 3 rings (SSSR count). The van der Waals surface area contributed by atoms with Gasteiger partial charge in [0.2, 0.25) is 5.91 Å². The Morgan fingerprint density at radius 2 is 1.82 bits per heavy atom. The number of aromatic nitrogens is 1. The van der Waals surface area contributed by atoms with E-state index in [1.807, 2.05) is 18.2 Å². The summed E-state index contributed by atoms with van der Waals surface area (Å²) in [5.74, 6) is -0.977. The van der Waals surface area contributed by atoms with Crippen molar-refractivity contribution in [1.82, 2.24) is 4.57 Å². The number of hydrogen-bond donors (Lipinski definition) is 0. The maximum absolute atomic E-state index is 12.6. The molecule has 0 aliphatic carbocycles. The van der Waals surface area contributed by atoms with Crippen LogP contribution in [0.1, 0.15) is 43.7 Å². The van der Waals surface area contributed by atoms with Crippen LogP contribution in [0.25, 0.3) is 10.2 Å². The summed E-state index contributed by atoms with van der Waals surface area (Å²) in [5, 5.41) is 0. The van der Waals surface area contributed by atoms with Crippen molar-refractivity contribution in [3.63, 3.8) is 0 Å². The average Bonchev–Trinajstić information content (AvgIpc) is 3.13. The van der Waals surface area contributed by atoms with Gasteiger partial charge in [0.1, 0.15) is 6.54 Å². The van der Waals surface area contributed by atoms with Crippen molar-refractivity contribution in [2.45, 2.75) is 51.3 Å². The third kappa shape index (κ3) is 7.36. The lowest BCUT2D eigenvalue weighted by atomic mass is 10.1. The summed E-state index contributed by atoms with van der Waals surface area (Å²) < 4.78 is 32.2. The molecular weight excluding hydrogens is 472 g/mol. The molecule has 0 unspecified atom stereocenters. The van der Waals surface area contributed by atoms with Crippen LogP contribution < -0.4 is 4.80 Å². The molecule has 7 nitrogen and oxygen atoms in total. The van der Waals surface area contributed by atoms with Gasteiger partial charge in [-0.15, -0.1) is 0 Å². The first-order valence-electron chi connectivity index (χ1n) is 11.3. The van der Waals surface area contributed by atoms with Crippen LogP contribution in [-0.2, 0) is 42.9 Å². The Morgan fingerprint density at radius 3 is 2.53 bits per heavy atom. The molecule has 0 aliphatic rings. The van der Waals surface area contributed by atoms with Gasteiger partial charge in [-0.05, 0) is 42.5 Å². The lowest BCUT2D eigenvalue weighted by Gasteiger charge is -2.05. The van der Waals surface area contributed by atoms with Crippen molar-refractivity contribution < 1.29 is 22.7 Å². The monoisotopic (exact) mass is 502 g/mol. The van der Waals surface area contributed by atoms with Crippen molar-refractivity contribution in [1.29, 1.82) is 0 Å². The second kappa shape index (κ2) is 12.1. The highest BCUT2D eigenvalue weighted by molar-refractivity contribution is 7.90. The molecule has 182 valence electrons. The quantitative estimate of drug-likeness (QED) is 0.369. The maximum atomic E-state index is 12.6. The first-order chi connectivity index (χ1) is 16.3. The van der Waals surface area contributed by atoms with Gasteiger partial charge in [-0.2, -0.15) is 4.99 Å². The Bertz CT molecular complexity index is 1310. The van der Waals surface area contributed by atoms with Gasteiger partial charge in [-0.1, -0.05) is 61.1 Å². The number of nitrogens with zero attached hydrogens (tertiary/aromatic N) is 2. The summed E-state index contributed by atoms with van der Waals surface area (Å²) in [6.07, 6.45) is 3.36. The topological polar surface area (TPSA) is 94.8 Å². The number of ether oxygens (including phenoxy) is 1. The number of benzene rings is 2. The second-order valence-electron chi connectivity index (χ2n) is 8.14. The van der Waals surface area contributed by atoms with Crippen molar-refractivity contribution in [3.05, 3.63) is 64.5 Å². The van der Waals surface area contributed by atoms with Crippen LogP contribution in [0.5, 0.6) is 0 Å². The number of rotatable bonds is 11. The smallest absolute Gasteiger partial charge is 0.325 e. The molecule has 9 heteroatoms. The Labute approximate surface area is 204 Å². The lowest BCUT2D eigenvalue weighted by molar-refractivity contribution is -0.141. The van der Waals surface area contributed by atoms with Crippen molar-refractivity contribution in [2.24, 2.45) is 4.99 Å². The highest BCUT2D eigenvalue weighted by Crippen LogP contribution is 2.21.